The highest BCUT2D eigenvalue weighted by molar-refractivity contribution is 7.08. The molecule has 0 spiro atoms. The SMILES string of the molecule is c1ccc(CN2CC(c3nc(-c4ccsc4)no3)C2)cc1. The summed E-state index contributed by atoms with van der Waals surface area (Å²) in [5.41, 5.74) is 2.39. The number of rotatable bonds is 4. The molecule has 2 aromatic heterocycles. The first kappa shape index (κ1) is 12.7. The van der Waals surface area contributed by atoms with Crippen molar-refractivity contribution in [3.05, 3.63) is 58.6 Å². The molecule has 0 aliphatic carbocycles. The second kappa shape index (κ2) is 5.42. The topological polar surface area (TPSA) is 42.2 Å². The van der Waals surface area contributed by atoms with E-state index < -0.39 is 0 Å². The summed E-state index contributed by atoms with van der Waals surface area (Å²) in [5.74, 6) is 1.84. The molecule has 21 heavy (non-hydrogen) atoms. The van der Waals surface area contributed by atoms with Gasteiger partial charge in [-0.25, -0.2) is 0 Å². The lowest BCUT2D eigenvalue weighted by Crippen LogP contribution is -2.44. The highest BCUT2D eigenvalue weighted by Gasteiger charge is 2.32. The zero-order valence-corrected chi connectivity index (χ0v) is 12.3. The molecule has 4 rings (SSSR count). The van der Waals surface area contributed by atoms with Crippen LogP contribution in [-0.4, -0.2) is 28.1 Å². The Bertz CT molecular complexity index is 702. The van der Waals surface area contributed by atoms with Gasteiger partial charge in [-0.3, -0.25) is 4.90 Å². The minimum Gasteiger partial charge on any atom is -0.339 e. The molecule has 1 saturated heterocycles. The third kappa shape index (κ3) is 2.62. The van der Waals surface area contributed by atoms with E-state index >= 15 is 0 Å². The maximum absolute atomic E-state index is 5.41. The molecule has 1 aliphatic heterocycles. The van der Waals surface area contributed by atoms with Crippen LogP contribution in [0.1, 0.15) is 17.4 Å². The van der Waals surface area contributed by atoms with Crippen LogP contribution in [0.3, 0.4) is 0 Å². The fourth-order valence-electron chi connectivity index (χ4n) is 2.61. The summed E-state index contributed by atoms with van der Waals surface area (Å²) in [6, 6.07) is 12.5. The third-order valence-corrected chi connectivity index (χ3v) is 4.46. The van der Waals surface area contributed by atoms with Crippen molar-refractivity contribution in [1.29, 1.82) is 0 Å². The fourth-order valence-corrected chi connectivity index (χ4v) is 3.24. The molecule has 1 aliphatic rings. The summed E-state index contributed by atoms with van der Waals surface area (Å²) in [6.07, 6.45) is 0. The van der Waals surface area contributed by atoms with Gasteiger partial charge in [0, 0.05) is 30.6 Å². The van der Waals surface area contributed by atoms with Gasteiger partial charge in [-0.15, -0.1) is 0 Å². The lowest BCUT2D eigenvalue weighted by Gasteiger charge is -2.37. The zero-order valence-electron chi connectivity index (χ0n) is 11.5. The van der Waals surface area contributed by atoms with Gasteiger partial charge < -0.3 is 4.52 Å². The Hall–Kier alpha value is -1.98. The lowest BCUT2D eigenvalue weighted by molar-refractivity contribution is 0.117. The van der Waals surface area contributed by atoms with Gasteiger partial charge in [0.15, 0.2) is 0 Å². The van der Waals surface area contributed by atoms with Crippen molar-refractivity contribution < 1.29 is 4.52 Å². The number of likely N-dealkylation sites (tertiary alicyclic amines) is 1. The summed E-state index contributed by atoms with van der Waals surface area (Å²) in [7, 11) is 0. The Kier molecular flexibility index (Phi) is 3.29. The summed E-state index contributed by atoms with van der Waals surface area (Å²) >= 11 is 1.64. The number of benzene rings is 1. The van der Waals surface area contributed by atoms with Gasteiger partial charge in [0.25, 0.3) is 0 Å². The molecule has 106 valence electrons. The van der Waals surface area contributed by atoms with Gasteiger partial charge in [-0.2, -0.15) is 16.3 Å². The Morgan fingerprint density at radius 2 is 2.05 bits per heavy atom. The molecule has 0 N–H and O–H groups in total. The van der Waals surface area contributed by atoms with Crippen molar-refractivity contribution in [2.24, 2.45) is 0 Å². The first-order valence-electron chi connectivity index (χ1n) is 7.01. The van der Waals surface area contributed by atoms with Crippen LogP contribution in [0.4, 0.5) is 0 Å². The average Bonchev–Trinajstić information content (AvgIpc) is 3.14. The predicted octanol–water partition coefficient (Wildman–Crippen LogP) is 3.40. The zero-order chi connectivity index (χ0) is 14.1. The van der Waals surface area contributed by atoms with Crippen LogP contribution < -0.4 is 0 Å². The molecule has 0 bridgehead atoms. The van der Waals surface area contributed by atoms with E-state index in [0.29, 0.717) is 11.7 Å². The Balaban J connectivity index is 1.38. The quantitative estimate of drug-likeness (QED) is 0.740. The van der Waals surface area contributed by atoms with Gasteiger partial charge in [0.2, 0.25) is 11.7 Å². The predicted molar refractivity (Wildman–Crippen MR) is 82.1 cm³/mol. The first-order valence-corrected chi connectivity index (χ1v) is 7.95. The van der Waals surface area contributed by atoms with E-state index in [-0.39, 0.29) is 0 Å². The molecule has 3 aromatic rings. The minimum absolute atomic E-state index is 0.369. The van der Waals surface area contributed by atoms with Crippen molar-refractivity contribution in [3.8, 4) is 11.4 Å². The molecule has 0 saturated carbocycles. The smallest absolute Gasteiger partial charge is 0.232 e. The monoisotopic (exact) mass is 297 g/mol. The van der Waals surface area contributed by atoms with Crippen molar-refractivity contribution in [3.63, 3.8) is 0 Å². The normalized spacial score (nSPS) is 16.0. The number of thiophene rings is 1. The van der Waals surface area contributed by atoms with Crippen molar-refractivity contribution in [1.82, 2.24) is 15.0 Å². The standard InChI is InChI=1S/C16H15N3OS/c1-2-4-12(5-3-1)8-19-9-14(10-19)16-17-15(18-20-16)13-6-7-21-11-13/h1-7,11,14H,8-10H2. The van der Waals surface area contributed by atoms with E-state index in [2.05, 4.69) is 39.3 Å². The van der Waals surface area contributed by atoms with E-state index in [1.807, 2.05) is 22.9 Å². The van der Waals surface area contributed by atoms with Gasteiger partial charge in [-0.1, -0.05) is 35.5 Å². The van der Waals surface area contributed by atoms with Gasteiger partial charge in [-0.05, 0) is 17.0 Å². The van der Waals surface area contributed by atoms with E-state index in [0.717, 1.165) is 31.1 Å². The van der Waals surface area contributed by atoms with E-state index in [4.69, 9.17) is 4.52 Å². The van der Waals surface area contributed by atoms with Gasteiger partial charge >= 0.3 is 0 Å². The molecule has 0 atom stereocenters. The van der Waals surface area contributed by atoms with Crippen LogP contribution in [0.25, 0.3) is 11.4 Å². The maximum atomic E-state index is 5.41. The van der Waals surface area contributed by atoms with Crippen LogP contribution in [0.5, 0.6) is 0 Å². The van der Waals surface area contributed by atoms with Crippen LogP contribution in [-0.2, 0) is 6.54 Å². The van der Waals surface area contributed by atoms with Crippen LogP contribution in [0.2, 0.25) is 0 Å². The summed E-state index contributed by atoms with van der Waals surface area (Å²) < 4.78 is 5.41. The van der Waals surface area contributed by atoms with Crippen molar-refractivity contribution in [2.75, 3.05) is 13.1 Å². The van der Waals surface area contributed by atoms with Crippen LogP contribution in [0.15, 0.2) is 51.7 Å². The highest BCUT2D eigenvalue weighted by Crippen LogP contribution is 2.29. The average molecular weight is 297 g/mol. The minimum atomic E-state index is 0.369. The molecule has 0 unspecified atom stereocenters. The molecule has 3 heterocycles. The summed E-state index contributed by atoms with van der Waals surface area (Å²) in [6.45, 7) is 2.96. The largest absolute Gasteiger partial charge is 0.339 e. The molecule has 5 heteroatoms. The van der Waals surface area contributed by atoms with Crippen molar-refractivity contribution in [2.45, 2.75) is 12.5 Å². The number of nitrogens with zero attached hydrogens (tertiary/aromatic N) is 3. The molecular formula is C16H15N3OS. The highest BCUT2D eigenvalue weighted by atomic mass is 32.1. The molecule has 4 nitrogen and oxygen atoms in total. The first-order chi connectivity index (χ1) is 10.4. The third-order valence-electron chi connectivity index (χ3n) is 3.78. The van der Waals surface area contributed by atoms with Crippen molar-refractivity contribution >= 4 is 11.3 Å². The van der Waals surface area contributed by atoms with Crippen LogP contribution >= 0.6 is 11.3 Å². The summed E-state index contributed by atoms with van der Waals surface area (Å²) in [5, 5.41) is 8.14. The molecule has 0 amide bonds. The molecule has 1 aromatic carbocycles. The van der Waals surface area contributed by atoms with E-state index in [9.17, 15) is 0 Å². The van der Waals surface area contributed by atoms with E-state index in [1.54, 1.807) is 11.3 Å². The molecule has 0 radical (unpaired) electrons. The second-order valence-electron chi connectivity index (χ2n) is 5.34. The lowest BCUT2D eigenvalue weighted by atomic mass is 9.99. The summed E-state index contributed by atoms with van der Waals surface area (Å²) in [4.78, 5) is 6.92. The Labute approximate surface area is 127 Å². The Morgan fingerprint density at radius 1 is 1.19 bits per heavy atom. The fraction of sp³-hybridized carbons (Fsp3) is 0.250. The maximum Gasteiger partial charge on any atom is 0.232 e. The van der Waals surface area contributed by atoms with E-state index in [1.165, 1.54) is 5.56 Å². The van der Waals surface area contributed by atoms with Gasteiger partial charge in [0.1, 0.15) is 0 Å². The Morgan fingerprint density at radius 3 is 2.81 bits per heavy atom. The molecule has 1 fully saturated rings. The number of hydrogen-bond acceptors (Lipinski definition) is 5. The second-order valence-corrected chi connectivity index (χ2v) is 6.12. The molecular weight excluding hydrogens is 282 g/mol. The van der Waals surface area contributed by atoms with Gasteiger partial charge in [0.05, 0.1) is 5.92 Å². The number of aromatic nitrogens is 2. The van der Waals surface area contributed by atoms with Crippen LogP contribution in [0, 0.1) is 0 Å². The number of hydrogen-bond donors (Lipinski definition) is 0.